The van der Waals surface area contributed by atoms with Crippen LogP contribution in [0, 0.1) is 0 Å². The molecule has 6 heteroatoms. The van der Waals surface area contributed by atoms with Gasteiger partial charge in [0.25, 0.3) is 5.56 Å². The molecule has 0 saturated carbocycles. The van der Waals surface area contributed by atoms with Crippen molar-refractivity contribution >= 4 is 11.8 Å². The van der Waals surface area contributed by atoms with Gasteiger partial charge in [0.2, 0.25) is 0 Å². The Bertz CT molecular complexity index is 619. The summed E-state index contributed by atoms with van der Waals surface area (Å²) in [5.41, 5.74) is 0.789. The lowest BCUT2D eigenvalue weighted by Gasteiger charge is -2.05. The minimum Gasteiger partial charge on any atom is -0.394 e. The van der Waals surface area contributed by atoms with Crippen LogP contribution in [0.5, 0.6) is 0 Å². The summed E-state index contributed by atoms with van der Waals surface area (Å²) in [4.78, 5) is 19.2. The van der Waals surface area contributed by atoms with Gasteiger partial charge in [-0.25, -0.2) is 4.98 Å². The number of nitrogens with zero attached hydrogens (tertiary/aromatic N) is 1. The van der Waals surface area contributed by atoms with Gasteiger partial charge in [-0.2, -0.15) is 0 Å². The third-order valence-corrected chi connectivity index (χ3v) is 6.01. The number of allylic oxidation sites excluding steroid dienone is 2. The first kappa shape index (κ1) is 27.9. The van der Waals surface area contributed by atoms with Crippen LogP contribution in [0.15, 0.2) is 28.2 Å². The van der Waals surface area contributed by atoms with E-state index in [0.29, 0.717) is 24.1 Å². The van der Waals surface area contributed by atoms with Gasteiger partial charge in [-0.1, -0.05) is 82.2 Å². The maximum absolute atomic E-state index is 11.8. The minimum atomic E-state index is -0.0866. The fraction of sp³-hybridized carbons (Fsp3) is 0.760. The molecule has 0 fully saturated rings. The van der Waals surface area contributed by atoms with Gasteiger partial charge in [0, 0.05) is 17.5 Å². The number of aliphatic hydroxyl groups excluding tert-OH is 1. The number of hydrogen-bond acceptors (Lipinski definition) is 5. The Balaban J connectivity index is 2.02. The Kier molecular flexibility index (Phi) is 18.7. The number of H-pyrrole nitrogens is 1. The summed E-state index contributed by atoms with van der Waals surface area (Å²) in [7, 11) is 0. The maximum Gasteiger partial charge on any atom is 0.251 e. The van der Waals surface area contributed by atoms with E-state index in [-0.39, 0.29) is 12.2 Å². The van der Waals surface area contributed by atoms with E-state index in [0.717, 1.165) is 18.5 Å². The molecule has 0 saturated heterocycles. The van der Waals surface area contributed by atoms with Crippen molar-refractivity contribution in [1.82, 2.24) is 9.97 Å². The molecule has 178 valence electrons. The third kappa shape index (κ3) is 17.2. The summed E-state index contributed by atoms with van der Waals surface area (Å²) in [6, 6.07) is 1.61. The van der Waals surface area contributed by atoms with Gasteiger partial charge in [0.1, 0.15) is 0 Å². The number of aromatic amines is 1. The number of aromatic nitrogens is 2. The largest absolute Gasteiger partial charge is 0.394 e. The molecular weight excluding hydrogens is 408 g/mol. The molecule has 1 rings (SSSR count). The van der Waals surface area contributed by atoms with Gasteiger partial charge < -0.3 is 14.8 Å². The molecule has 2 N–H and O–H groups in total. The lowest BCUT2D eigenvalue weighted by Crippen LogP contribution is -2.11. The van der Waals surface area contributed by atoms with E-state index in [1.807, 2.05) is 0 Å². The van der Waals surface area contributed by atoms with Crippen molar-refractivity contribution in [3.05, 3.63) is 34.3 Å². The number of unbranched alkanes of at least 4 members (excludes halogenated alkanes) is 11. The first-order chi connectivity index (χ1) is 15.3. The molecule has 31 heavy (non-hydrogen) atoms. The molecule has 0 spiro atoms. The lowest BCUT2D eigenvalue weighted by molar-refractivity contribution is 0.103. The highest BCUT2D eigenvalue weighted by atomic mass is 32.2. The zero-order valence-electron chi connectivity index (χ0n) is 19.6. The number of nitrogens with one attached hydrogen (secondary N) is 1. The Labute approximate surface area is 193 Å². The Morgan fingerprint density at radius 2 is 1.61 bits per heavy atom. The standard InChI is InChI=1S/C25H44N2O3S/c1-2-3-4-5-6-7-8-9-10-11-12-13-14-15-16-17-23-22-24(29)27-25(26-23)31-21-20-30-19-18-28/h9-10,22,28H,2-8,11-21H2,1H3,(H,26,27,29). The van der Waals surface area contributed by atoms with E-state index in [1.54, 1.807) is 6.07 Å². The average Bonchev–Trinajstić information content (AvgIpc) is 2.76. The van der Waals surface area contributed by atoms with Crippen LogP contribution >= 0.6 is 11.8 Å². The molecule has 0 atom stereocenters. The zero-order valence-corrected chi connectivity index (χ0v) is 20.4. The topological polar surface area (TPSA) is 75.2 Å². The second-order valence-corrected chi connectivity index (χ2v) is 9.14. The molecule has 0 amide bonds. The van der Waals surface area contributed by atoms with Gasteiger partial charge in [-0.15, -0.1) is 0 Å². The first-order valence-corrected chi connectivity index (χ1v) is 13.3. The van der Waals surface area contributed by atoms with E-state index < -0.39 is 0 Å². The maximum atomic E-state index is 11.8. The van der Waals surface area contributed by atoms with Gasteiger partial charge in [0.05, 0.1) is 19.8 Å². The van der Waals surface area contributed by atoms with Crippen molar-refractivity contribution in [3.8, 4) is 0 Å². The van der Waals surface area contributed by atoms with Crippen molar-refractivity contribution in [3.63, 3.8) is 0 Å². The van der Waals surface area contributed by atoms with Crippen LogP contribution in [0.4, 0.5) is 0 Å². The van der Waals surface area contributed by atoms with Crippen molar-refractivity contribution < 1.29 is 9.84 Å². The molecule has 0 aromatic carbocycles. The molecular formula is C25H44N2O3S. The van der Waals surface area contributed by atoms with Gasteiger partial charge >= 0.3 is 0 Å². The fourth-order valence-electron chi connectivity index (χ4n) is 3.42. The van der Waals surface area contributed by atoms with Gasteiger partial charge in [-0.3, -0.25) is 4.79 Å². The number of aryl methyl sites for hydroxylation is 1. The van der Waals surface area contributed by atoms with Gasteiger partial charge in [0.15, 0.2) is 5.16 Å². The van der Waals surface area contributed by atoms with E-state index in [4.69, 9.17) is 9.84 Å². The van der Waals surface area contributed by atoms with Crippen LogP contribution in [0.3, 0.4) is 0 Å². The molecule has 0 radical (unpaired) electrons. The molecule has 0 aliphatic heterocycles. The highest BCUT2D eigenvalue weighted by Gasteiger charge is 2.03. The second-order valence-electron chi connectivity index (χ2n) is 8.06. The van der Waals surface area contributed by atoms with Crippen molar-refractivity contribution in [2.45, 2.75) is 102 Å². The summed E-state index contributed by atoms with van der Waals surface area (Å²) in [6.45, 7) is 3.18. The molecule has 1 aromatic heterocycles. The minimum absolute atomic E-state index is 0.0329. The molecule has 5 nitrogen and oxygen atoms in total. The molecule has 1 heterocycles. The van der Waals surface area contributed by atoms with Crippen LogP contribution in [0.1, 0.15) is 96.1 Å². The molecule has 0 aliphatic rings. The monoisotopic (exact) mass is 452 g/mol. The number of thioether (sulfide) groups is 1. The third-order valence-electron chi connectivity index (χ3n) is 5.17. The van der Waals surface area contributed by atoms with Crippen LogP contribution in [-0.2, 0) is 11.2 Å². The summed E-state index contributed by atoms with van der Waals surface area (Å²) in [5.74, 6) is 0.708. The SMILES string of the molecule is CCCCCCCCC=CCCCCCCCc1cc(=O)[nH]c(SCCOCCO)n1. The predicted molar refractivity (Wildman–Crippen MR) is 132 cm³/mol. The molecule has 0 aliphatic carbocycles. The number of ether oxygens (including phenoxy) is 1. The van der Waals surface area contributed by atoms with Crippen molar-refractivity contribution in [1.29, 1.82) is 0 Å². The number of aliphatic hydroxyl groups is 1. The Morgan fingerprint density at radius 3 is 2.29 bits per heavy atom. The van der Waals surface area contributed by atoms with Crippen LogP contribution < -0.4 is 5.56 Å². The fourth-order valence-corrected chi connectivity index (χ4v) is 4.17. The zero-order chi connectivity index (χ0) is 22.4. The molecule has 1 aromatic rings. The van der Waals surface area contributed by atoms with E-state index in [9.17, 15) is 4.79 Å². The van der Waals surface area contributed by atoms with Gasteiger partial charge in [-0.05, 0) is 38.5 Å². The quantitative estimate of drug-likeness (QED) is 0.103. The van der Waals surface area contributed by atoms with Crippen LogP contribution in [0.2, 0.25) is 0 Å². The smallest absolute Gasteiger partial charge is 0.251 e. The summed E-state index contributed by atoms with van der Waals surface area (Å²) in [5, 5.41) is 9.35. The summed E-state index contributed by atoms with van der Waals surface area (Å²) >= 11 is 1.48. The summed E-state index contributed by atoms with van der Waals surface area (Å²) in [6.07, 6.45) is 22.3. The van der Waals surface area contributed by atoms with Crippen molar-refractivity contribution in [2.75, 3.05) is 25.6 Å². The lowest BCUT2D eigenvalue weighted by atomic mass is 10.1. The van der Waals surface area contributed by atoms with E-state index in [1.165, 1.54) is 88.8 Å². The first-order valence-electron chi connectivity index (χ1n) is 12.3. The highest BCUT2D eigenvalue weighted by molar-refractivity contribution is 7.99. The number of rotatable bonds is 21. The van der Waals surface area contributed by atoms with E-state index >= 15 is 0 Å². The number of hydrogen-bond donors (Lipinski definition) is 2. The molecule has 0 bridgehead atoms. The Morgan fingerprint density at radius 1 is 0.968 bits per heavy atom. The Hall–Kier alpha value is -1.11. The predicted octanol–water partition coefficient (Wildman–Crippen LogP) is 6.06. The van der Waals surface area contributed by atoms with Crippen LogP contribution in [-0.4, -0.2) is 40.6 Å². The molecule has 0 unspecified atom stereocenters. The van der Waals surface area contributed by atoms with Crippen molar-refractivity contribution in [2.24, 2.45) is 0 Å². The van der Waals surface area contributed by atoms with E-state index in [2.05, 4.69) is 29.0 Å². The highest BCUT2D eigenvalue weighted by Crippen LogP contribution is 2.13. The van der Waals surface area contributed by atoms with Crippen LogP contribution in [0.25, 0.3) is 0 Å². The summed E-state index contributed by atoms with van der Waals surface area (Å²) < 4.78 is 5.23. The second kappa shape index (κ2) is 20.8. The average molecular weight is 453 g/mol. The normalized spacial score (nSPS) is 11.5.